The van der Waals surface area contributed by atoms with Gasteiger partial charge < -0.3 is 48.0 Å². The molecule has 0 aliphatic rings. The Kier molecular flexibility index (Phi) is 13.3. The quantitative estimate of drug-likeness (QED) is 0.355. The van der Waals surface area contributed by atoms with Crippen molar-refractivity contribution in [2.75, 3.05) is 0 Å². The molecule has 0 atom stereocenters. The van der Waals surface area contributed by atoms with E-state index in [0.29, 0.717) is 10.5 Å². The van der Waals surface area contributed by atoms with Crippen LogP contribution in [-0.2, 0) is 5.75 Å². The normalized spacial score (nSPS) is 7.46. The minimum absolute atomic E-state index is 0. The van der Waals surface area contributed by atoms with Crippen molar-refractivity contribution in [3.8, 4) is 0 Å². The average molecular weight is 420 g/mol. The Bertz CT molecular complexity index is 238. The van der Waals surface area contributed by atoms with E-state index in [1.165, 1.54) is 5.75 Å². The summed E-state index contributed by atoms with van der Waals surface area (Å²) >= 11 is 0. The molecule has 0 saturated carbocycles. The topological polar surface area (TPSA) is 0 Å². The first-order valence-electron chi connectivity index (χ1n) is 3.80. The van der Waals surface area contributed by atoms with Gasteiger partial charge in [0, 0.05) is 0 Å². The molecule has 1 aromatic heterocycles. The van der Waals surface area contributed by atoms with Crippen LogP contribution < -0.4 is 48.0 Å². The lowest BCUT2D eigenvalue weighted by Crippen LogP contribution is -3.00. The second-order valence-electron chi connectivity index (χ2n) is 2.18. The summed E-state index contributed by atoms with van der Waals surface area (Å²) in [6.45, 7) is 2.21. The lowest BCUT2D eigenvalue weighted by atomic mass is 10.5. The summed E-state index contributed by atoms with van der Waals surface area (Å²) in [6, 6.07) is 12.5. The fourth-order valence-electron chi connectivity index (χ4n) is 0.787. The van der Waals surface area contributed by atoms with Crippen LogP contribution in [0.3, 0.4) is 0 Å². The van der Waals surface area contributed by atoms with Crippen LogP contribution in [0.2, 0.25) is 0 Å². The van der Waals surface area contributed by atoms with Crippen molar-refractivity contribution < 1.29 is 49.4 Å². The van der Waals surface area contributed by atoms with Crippen LogP contribution in [-0.4, -0.2) is 0 Å². The van der Waals surface area contributed by atoms with Crippen LogP contribution in [0.15, 0.2) is 47.2 Å². The summed E-state index contributed by atoms with van der Waals surface area (Å²) in [5.41, 5.74) is 0. The van der Waals surface area contributed by atoms with E-state index in [2.05, 4.69) is 41.9 Å². The Morgan fingerprint density at radius 2 is 1.23 bits per heavy atom. The molecule has 1 aromatic rings. The van der Waals surface area contributed by atoms with E-state index in [-0.39, 0.29) is 49.4 Å². The standard InChI is InChI=1S/C10H13S.2HI/c1-2-11-9-7-5-3-4-6-8-10-11;;/h3-10H,2H2,1H3;2*1H/q+1;;/p-1. The molecule has 1 rings (SSSR count). The van der Waals surface area contributed by atoms with Crippen LogP contribution in [0.4, 0.5) is 0 Å². The van der Waals surface area contributed by atoms with E-state index in [0.717, 1.165) is 0 Å². The Hall–Kier alpha value is 0.640. The molecule has 1 heterocycles. The van der Waals surface area contributed by atoms with E-state index in [1.54, 1.807) is 0 Å². The smallest absolute Gasteiger partial charge is 1.00 e. The highest BCUT2D eigenvalue weighted by molar-refractivity contribution is 7.27. The molecule has 0 aliphatic carbocycles. The van der Waals surface area contributed by atoms with Gasteiger partial charge in [0.15, 0.2) is 0 Å². The second kappa shape index (κ2) is 10.7. The molecular weight excluding hydrogens is 406 g/mol. The van der Waals surface area contributed by atoms with Crippen LogP contribution in [0, 0.1) is 0 Å². The molecule has 3 heteroatoms. The summed E-state index contributed by atoms with van der Waals surface area (Å²) in [5, 5.41) is 4.50. The molecule has 0 bridgehead atoms. The highest BCUT2D eigenvalue weighted by Crippen LogP contribution is 2.12. The van der Waals surface area contributed by atoms with E-state index in [9.17, 15) is 0 Å². The first kappa shape index (κ1) is 16.1. The maximum absolute atomic E-state index is 2.25. The Morgan fingerprint density at radius 3 is 1.62 bits per heavy atom. The third kappa shape index (κ3) is 7.69. The molecule has 0 N–H and O–H groups in total. The third-order valence-electron chi connectivity index (χ3n) is 1.40. The number of hydrogen-bond donors (Lipinski definition) is 0. The minimum Gasteiger partial charge on any atom is -1.00 e. The Balaban J connectivity index is -0.000000403. The zero-order valence-corrected chi connectivity index (χ0v) is 12.6. The average Bonchev–Trinajstić information content (AvgIpc) is 2.16. The monoisotopic (exact) mass is 420 g/mol. The van der Waals surface area contributed by atoms with Crippen molar-refractivity contribution in [1.29, 1.82) is 0 Å². The molecule has 0 radical (unpaired) electrons. The zero-order valence-electron chi connectivity index (χ0n) is 8.49. The van der Waals surface area contributed by atoms with Gasteiger partial charge in [0.2, 0.25) is 0 Å². The van der Waals surface area contributed by atoms with Crippen LogP contribution in [0.25, 0.3) is 0 Å². The van der Waals surface area contributed by atoms with Gasteiger partial charge in [-0.3, -0.25) is 0 Å². The first-order valence-corrected chi connectivity index (χ1v) is 5.32. The van der Waals surface area contributed by atoms with Gasteiger partial charge >= 0.3 is 1.43 Å². The van der Waals surface area contributed by atoms with Gasteiger partial charge in [-0.25, -0.2) is 0 Å². The highest BCUT2D eigenvalue weighted by Gasteiger charge is 1.87. The third-order valence-corrected chi connectivity index (χ3v) is 3.08. The van der Waals surface area contributed by atoms with Gasteiger partial charge in [-0.15, -0.1) is 0 Å². The van der Waals surface area contributed by atoms with E-state index in [1.807, 2.05) is 12.1 Å². The number of aryl methyl sites for hydroxylation is 1. The van der Waals surface area contributed by atoms with Crippen molar-refractivity contribution in [2.45, 2.75) is 12.7 Å². The lowest BCUT2D eigenvalue weighted by Gasteiger charge is -1.76. The molecule has 0 unspecified atom stereocenters. The largest absolute Gasteiger partial charge is 1.00 e. The first-order chi connectivity index (χ1) is 5.43. The predicted octanol–water partition coefficient (Wildman–Crippen LogP) is -2.30. The van der Waals surface area contributed by atoms with E-state index in [4.69, 9.17) is 0 Å². The molecule has 0 amide bonds. The summed E-state index contributed by atoms with van der Waals surface area (Å²) < 4.78 is 0. The van der Waals surface area contributed by atoms with Crippen molar-refractivity contribution in [2.24, 2.45) is 0 Å². The van der Waals surface area contributed by atoms with Crippen LogP contribution in [0.5, 0.6) is 0 Å². The van der Waals surface area contributed by atoms with Gasteiger partial charge in [-0.1, -0.05) is 24.3 Å². The van der Waals surface area contributed by atoms with Crippen molar-refractivity contribution >= 4 is 10.5 Å². The molecular formula is C10H14I2S. The SMILES string of the molecule is CC[s+]1cccccccc1.[H+].[I-].[I-]. The predicted molar refractivity (Wildman–Crippen MR) is 53.3 cm³/mol. The van der Waals surface area contributed by atoms with Gasteiger partial charge in [0.05, 0.1) is 0 Å². The molecule has 74 valence electrons. The van der Waals surface area contributed by atoms with Crippen molar-refractivity contribution in [3.63, 3.8) is 0 Å². The Morgan fingerprint density at radius 1 is 0.846 bits per heavy atom. The minimum atomic E-state index is 0. The lowest BCUT2D eigenvalue weighted by molar-refractivity contribution is -0.00100. The summed E-state index contributed by atoms with van der Waals surface area (Å²) in [7, 11) is 0.345. The molecule has 13 heavy (non-hydrogen) atoms. The van der Waals surface area contributed by atoms with E-state index >= 15 is 0 Å². The van der Waals surface area contributed by atoms with E-state index < -0.39 is 0 Å². The molecule has 0 nitrogen and oxygen atoms in total. The van der Waals surface area contributed by atoms with Crippen molar-refractivity contribution in [1.82, 2.24) is 0 Å². The highest BCUT2D eigenvalue weighted by atomic mass is 127. The maximum Gasteiger partial charge on any atom is 1.00 e. The second-order valence-corrected chi connectivity index (χ2v) is 4.25. The fourth-order valence-corrected chi connectivity index (χ4v) is 1.85. The van der Waals surface area contributed by atoms with Gasteiger partial charge in [0.1, 0.15) is 16.5 Å². The molecule has 0 saturated heterocycles. The number of hydrogen-bond acceptors (Lipinski definition) is 0. The molecule has 0 aromatic carbocycles. The maximum atomic E-state index is 2.25. The molecule has 0 aliphatic heterocycles. The number of halogens is 2. The molecule has 0 fully saturated rings. The zero-order chi connectivity index (χ0) is 7.94. The summed E-state index contributed by atoms with van der Waals surface area (Å²) in [6.07, 6.45) is 0. The van der Waals surface area contributed by atoms with Crippen LogP contribution in [0.1, 0.15) is 8.35 Å². The van der Waals surface area contributed by atoms with Gasteiger partial charge in [-0.2, -0.15) is 0 Å². The fraction of sp³-hybridized carbons (Fsp3) is 0.200. The number of rotatable bonds is 1. The molecule has 0 spiro atoms. The van der Waals surface area contributed by atoms with Gasteiger partial charge in [-0.05, 0) is 29.5 Å². The Labute approximate surface area is 119 Å². The van der Waals surface area contributed by atoms with Gasteiger partial charge in [0.25, 0.3) is 0 Å². The summed E-state index contributed by atoms with van der Waals surface area (Å²) in [5.74, 6) is 1.20. The van der Waals surface area contributed by atoms with Crippen molar-refractivity contribution in [3.05, 3.63) is 47.2 Å². The van der Waals surface area contributed by atoms with Crippen LogP contribution >= 0.6 is 10.5 Å². The summed E-state index contributed by atoms with van der Waals surface area (Å²) in [4.78, 5) is 0.